The van der Waals surface area contributed by atoms with E-state index in [1.807, 2.05) is 7.05 Å². The van der Waals surface area contributed by atoms with Gasteiger partial charge in [-0.05, 0) is 32.4 Å². The summed E-state index contributed by atoms with van der Waals surface area (Å²) in [6, 6.07) is 8.52. The van der Waals surface area contributed by atoms with Crippen molar-refractivity contribution in [1.82, 2.24) is 9.97 Å². The second-order valence-electron chi connectivity index (χ2n) is 4.77. The molecular formula is C16H21N3S. The number of nitrogens with one attached hydrogen (secondary N) is 1. The quantitative estimate of drug-likeness (QED) is 0.844. The van der Waals surface area contributed by atoms with Gasteiger partial charge in [-0.1, -0.05) is 24.6 Å². The Hall–Kier alpha value is -1.55. The molecule has 1 heterocycles. The summed E-state index contributed by atoms with van der Waals surface area (Å²) in [4.78, 5) is 10.5. The van der Waals surface area contributed by atoms with Gasteiger partial charge in [0.25, 0.3) is 0 Å². The molecule has 0 amide bonds. The van der Waals surface area contributed by atoms with Gasteiger partial charge in [0.1, 0.15) is 11.6 Å². The van der Waals surface area contributed by atoms with Crippen LogP contribution in [0.25, 0.3) is 0 Å². The van der Waals surface area contributed by atoms with Crippen LogP contribution in [0.15, 0.2) is 29.2 Å². The third-order valence-corrected chi connectivity index (χ3v) is 4.21. The number of thioether (sulfide) groups is 1. The zero-order valence-corrected chi connectivity index (χ0v) is 13.3. The molecule has 0 spiro atoms. The van der Waals surface area contributed by atoms with Crippen LogP contribution in [0.3, 0.4) is 0 Å². The van der Waals surface area contributed by atoms with Crippen LogP contribution in [-0.2, 0) is 12.2 Å². The topological polar surface area (TPSA) is 37.8 Å². The second-order valence-corrected chi connectivity index (χ2v) is 5.82. The summed E-state index contributed by atoms with van der Waals surface area (Å²) in [7, 11) is 1.91. The zero-order chi connectivity index (χ0) is 14.5. The molecule has 1 aromatic carbocycles. The highest BCUT2D eigenvalue weighted by molar-refractivity contribution is 7.98. The van der Waals surface area contributed by atoms with E-state index in [0.717, 1.165) is 35.1 Å². The van der Waals surface area contributed by atoms with Crippen molar-refractivity contribution in [2.75, 3.05) is 12.4 Å². The molecule has 1 aromatic heterocycles. The van der Waals surface area contributed by atoms with Crippen molar-refractivity contribution in [2.45, 2.75) is 37.8 Å². The Labute approximate surface area is 125 Å². The summed E-state index contributed by atoms with van der Waals surface area (Å²) in [6.07, 6.45) is 0.936. The Bertz CT molecular complexity index is 571. The van der Waals surface area contributed by atoms with Gasteiger partial charge < -0.3 is 5.32 Å². The van der Waals surface area contributed by atoms with E-state index < -0.39 is 0 Å². The van der Waals surface area contributed by atoms with Crippen LogP contribution in [0, 0.1) is 13.8 Å². The van der Waals surface area contributed by atoms with Gasteiger partial charge in [0.2, 0.25) is 0 Å². The minimum absolute atomic E-state index is 0.797. The first-order valence-corrected chi connectivity index (χ1v) is 7.86. The monoisotopic (exact) mass is 287 g/mol. The molecule has 3 nitrogen and oxygen atoms in total. The van der Waals surface area contributed by atoms with Gasteiger partial charge in [0.05, 0.1) is 5.75 Å². The van der Waals surface area contributed by atoms with Crippen molar-refractivity contribution in [3.05, 3.63) is 46.9 Å². The maximum Gasteiger partial charge on any atom is 0.141 e. The summed E-state index contributed by atoms with van der Waals surface area (Å²) < 4.78 is 0. The first-order chi connectivity index (χ1) is 9.63. The van der Waals surface area contributed by atoms with E-state index in [1.165, 1.54) is 10.5 Å². The summed E-state index contributed by atoms with van der Waals surface area (Å²) >= 11 is 1.78. The molecule has 2 rings (SSSR count). The minimum atomic E-state index is 0.797. The van der Waals surface area contributed by atoms with E-state index in [4.69, 9.17) is 0 Å². The molecule has 0 saturated carbocycles. The Morgan fingerprint density at radius 1 is 1.20 bits per heavy atom. The Balaban J connectivity index is 2.17. The molecule has 0 bridgehead atoms. The van der Waals surface area contributed by atoms with Gasteiger partial charge >= 0.3 is 0 Å². The number of hydrogen-bond donors (Lipinski definition) is 1. The van der Waals surface area contributed by atoms with E-state index >= 15 is 0 Å². The molecule has 0 saturated heterocycles. The Morgan fingerprint density at radius 3 is 2.65 bits per heavy atom. The number of rotatable bonds is 5. The molecule has 0 atom stereocenters. The van der Waals surface area contributed by atoms with Crippen LogP contribution in [0.1, 0.15) is 29.6 Å². The van der Waals surface area contributed by atoms with Gasteiger partial charge in [-0.25, -0.2) is 9.97 Å². The number of hydrogen-bond acceptors (Lipinski definition) is 4. The van der Waals surface area contributed by atoms with Crippen molar-refractivity contribution in [3.63, 3.8) is 0 Å². The van der Waals surface area contributed by atoms with E-state index in [0.29, 0.717) is 0 Å². The van der Waals surface area contributed by atoms with Crippen LogP contribution in [0.2, 0.25) is 0 Å². The first kappa shape index (κ1) is 14.9. The summed E-state index contributed by atoms with van der Waals surface area (Å²) in [5, 5.41) is 3.16. The molecule has 106 valence electrons. The molecule has 0 radical (unpaired) electrons. The highest BCUT2D eigenvalue weighted by atomic mass is 32.2. The number of aromatic nitrogens is 2. The van der Waals surface area contributed by atoms with Crippen LogP contribution in [0.4, 0.5) is 5.82 Å². The van der Waals surface area contributed by atoms with Gasteiger partial charge in [-0.3, -0.25) is 0 Å². The summed E-state index contributed by atoms with van der Waals surface area (Å²) in [5.41, 5.74) is 3.56. The van der Waals surface area contributed by atoms with E-state index in [-0.39, 0.29) is 0 Å². The fourth-order valence-electron chi connectivity index (χ4n) is 2.12. The molecule has 4 heteroatoms. The average Bonchev–Trinajstić information content (AvgIpc) is 2.46. The lowest BCUT2D eigenvalue weighted by Gasteiger charge is -2.11. The lowest BCUT2D eigenvalue weighted by molar-refractivity contribution is 0.920. The Kier molecular flexibility index (Phi) is 5.01. The molecule has 1 N–H and O–H groups in total. The lowest BCUT2D eigenvalue weighted by atomic mass is 10.2. The second kappa shape index (κ2) is 6.75. The van der Waals surface area contributed by atoms with E-state index in [9.17, 15) is 0 Å². The maximum atomic E-state index is 4.66. The van der Waals surface area contributed by atoms with Crippen molar-refractivity contribution in [3.8, 4) is 0 Å². The fourth-order valence-corrected chi connectivity index (χ4v) is 2.99. The maximum absolute atomic E-state index is 4.66. The largest absolute Gasteiger partial charge is 0.373 e. The summed E-state index contributed by atoms with van der Waals surface area (Å²) in [5.74, 6) is 2.63. The van der Waals surface area contributed by atoms with Gasteiger partial charge in [-0.15, -0.1) is 11.8 Å². The van der Waals surface area contributed by atoms with E-state index in [2.05, 4.69) is 60.3 Å². The first-order valence-electron chi connectivity index (χ1n) is 6.87. The van der Waals surface area contributed by atoms with Crippen LogP contribution >= 0.6 is 11.8 Å². The molecule has 0 aliphatic heterocycles. The number of aryl methyl sites for hydroxylation is 2. The van der Waals surface area contributed by atoms with Crippen molar-refractivity contribution >= 4 is 17.6 Å². The van der Waals surface area contributed by atoms with Gasteiger partial charge in [0, 0.05) is 23.2 Å². The Morgan fingerprint density at radius 2 is 2.00 bits per heavy atom. The molecule has 2 aromatic rings. The van der Waals surface area contributed by atoms with E-state index in [1.54, 1.807) is 11.8 Å². The zero-order valence-electron chi connectivity index (χ0n) is 12.5. The molecule has 0 fully saturated rings. The minimum Gasteiger partial charge on any atom is -0.373 e. The average molecular weight is 287 g/mol. The fraction of sp³-hybridized carbons (Fsp3) is 0.375. The molecule has 0 aliphatic rings. The number of benzene rings is 1. The smallest absolute Gasteiger partial charge is 0.141 e. The lowest BCUT2D eigenvalue weighted by Crippen LogP contribution is -2.06. The standard InChI is InChI=1S/C16H21N3S/c1-5-14-12(3)16(17-4)19-15(18-14)10-20-13-8-6-7-11(2)9-13/h6-9H,5,10H2,1-4H3,(H,17,18,19). The van der Waals surface area contributed by atoms with Gasteiger partial charge in [0.15, 0.2) is 0 Å². The van der Waals surface area contributed by atoms with Crippen LogP contribution in [-0.4, -0.2) is 17.0 Å². The van der Waals surface area contributed by atoms with Gasteiger partial charge in [-0.2, -0.15) is 0 Å². The van der Waals surface area contributed by atoms with Crippen molar-refractivity contribution in [2.24, 2.45) is 0 Å². The number of nitrogens with zero attached hydrogens (tertiary/aromatic N) is 2. The van der Waals surface area contributed by atoms with Crippen molar-refractivity contribution in [1.29, 1.82) is 0 Å². The predicted octanol–water partition coefficient (Wildman–Crippen LogP) is 3.99. The highest BCUT2D eigenvalue weighted by Crippen LogP contribution is 2.24. The molecule has 0 aliphatic carbocycles. The normalized spacial score (nSPS) is 10.6. The highest BCUT2D eigenvalue weighted by Gasteiger charge is 2.09. The predicted molar refractivity (Wildman–Crippen MR) is 86.4 cm³/mol. The van der Waals surface area contributed by atoms with Crippen LogP contribution < -0.4 is 5.32 Å². The van der Waals surface area contributed by atoms with Crippen molar-refractivity contribution < 1.29 is 0 Å². The third-order valence-electron chi connectivity index (χ3n) is 3.22. The third kappa shape index (κ3) is 3.51. The molecule has 20 heavy (non-hydrogen) atoms. The number of anilines is 1. The SMILES string of the molecule is CCc1nc(CSc2cccc(C)c2)nc(NC)c1C. The molecular weight excluding hydrogens is 266 g/mol. The molecule has 0 unspecified atom stereocenters. The summed E-state index contributed by atoms with van der Waals surface area (Å²) in [6.45, 7) is 6.31. The van der Waals surface area contributed by atoms with Crippen LogP contribution in [0.5, 0.6) is 0 Å².